The number of nitrogens with zero attached hydrogens (tertiary/aromatic N) is 3. The third-order valence-corrected chi connectivity index (χ3v) is 4.59. The van der Waals surface area contributed by atoms with E-state index in [9.17, 15) is 0 Å². The highest BCUT2D eigenvalue weighted by atomic mass is 32.2. The van der Waals surface area contributed by atoms with E-state index >= 15 is 0 Å². The van der Waals surface area contributed by atoms with Crippen molar-refractivity contribution in [3.05, 3.63) is 0 Å². The van der Waals surface area contributed by atoms with Crippen molar-refractivity contribution < 1.29 is 4.74 Å². The van der Waals surface area contributed by atoms with Gasteiger partial charge in [0.25, 0.3) is 0 Å². The molecule has 1 fully saturated rings. The molecule has 1 aromatic heterocycles. The van der Waals surface area contributed by atoms with Crippen molar-refractivity contribution in [1.82, 2.24) is 15.0 Å². The van der Waals surface area contributed by atoms with Crippen molar-refractivity contribution >= 4 is 23.7 Å². The number of thioether (sulfide) groups is 1. The lowest BCUT2D eigenvalue weighted by molar-refractivity contribution is 0.312. The van der Waals surface area contributed by atoms with Gasteiger partial charge in [-0.3, -0.25) is 0 Å². The van der Waals surface area contributed by atoms with E-state index in [0.29, 0.717) is 35.8 Å². The molecule has 112 valence electrons. The van der Waals surface area contributed by atoms with Gasteiger partial charge >= 0.3 is 6.01 Å². The number of nitrogens with one attached hydrogen (secondary N) is 2. The average molecular weight is 297 g/mol. The van der Waals surface area contributed by atoms with Crippen molar-refractivity contribution in [2.24, 2.45) is 0 Å². The topological polar surface area (TPSA) is 72.0 Å². The van der Waals surface area contributed by atoms with E-state index in [1.165, 1.54) is 19.3 Å². The third kappa shape index (κ3) is 3.88. The quantitative estimate of drug-likeness (QED) is 0.800. The smallest absolute Gasteiger partial charge is 0.323 e. The van der Waals surface area contributed by atoms with Gasteiger partial charge in [-0.05, 0) is 25.5 Å². The molecule has 2 unspecified atom stereocenters. The largest absolute Gasteiger partial charge is 0.464 e. The first-order valence-corrected chi connectivity index (χ1v) is 8.26. The molecule has 0 aromatic carbocycles. The van der Waals surface area contributed by atoms with Crippen molar-refractivity contribution in [3.63, 3.8) is 0 Å². The Morgan fingerprint density at radius 3 is 2.70 bits per heavy atom. The van der Waals surface area contributed by atoms with E-state index in [0.717, 1.165) is 5.75 Å². The zero-order chi connectivity index (χ0) is 14.4. The molecule has 0 bridgehead atoms. The number of aromatic nitrogens is 3. The number of anilines is 2. The first-order valence-electron chi connectivity index (χ1n) is 7.21. The van der Waals surface area contributed by atoms with Crippen LogP contribution in [0.1, 0.15) is 33.1 Å². The standard InChI is InChI=1S/C13H23N5OS/c1-4-19-13-17-11(14-3)16-12(18-13)15-9-7-6-8-10(9)20-5-2/h9-10H,4-8H2,1-3H3,(H2,14,15,16,17,18). The monoisotopic (exact) mass is 297 g/mol. The van der Waals surface area contributed by atoms with Crippen LogP contribution in [0.4, 0.5) is 11.9 Å². The molecule has 2 N–H and O–H groups in total. The molecule has 0 aliphatic heterocycles. The summed E-state index contributed by atoms with van der Waals surface area (Å²) in [6.45, 7) is 4.67. The molecule has 7 heteroatoms. The molecule has 0 spiro atoms. The maximum Gasteiger partial charge on any atom is 0.323 e. The summed E-state index contributed by atoms with van der Waals surface area (Å²) in [5, 5.41) is 7.03. The summed E-state index contributed by atoms with van der Waals surface area (Å²) in [5.41, 5.74) is 0. The van der Waals surface area contributed by atoms with Crippen LogP contribution in [0.25, 0.3) is 0 Å². The number of hydrogen-bond donors (Lipinski definition) is 2. The van der Waals surface area contributed by atoms with Crippen LogP contribution in [0.3, 0.4) is 0 Å². The van der Waals surface area contributed by atoms with E-state index in [-0.39, 0.29) is 0 Å². The molecular formula is C13H23N5OS. The highest BCUT2D eigenvalue weighted by Crippen LogP contribution is 2.31. The predicted octanol–water partition coefficient (Wildman–Crippen LogP) is 2.40. The van der Waals surface area contributed by atoms with E-state index in [4.69, 9.17) is 4.74 Å². The fourth-order valence-corrected chi connectivity index (χ4v) is 3.59. The zero-order valence-electron chi connectivity index (χ0n) is 12.3. The SMILES string of the molecule is CCOc1nc(NC)nc(NC2CCCC2SCC)n1. The van der Waals surface area contributed by atoms with Gasteiger partial charge in [0.05, 0.1) is 6.61 Å². The summed E-state index contributed by atoms with van der Waals surface area (Å²) in [6, 6.07) is 0.800. The summed E-state index contributed by atoms with van der Waals surface area (Å²) in [5.74, 6) is 2.27. The summed E-state index contributed by atoms with van der Waals surface area (Å²) >= 11 is 2.01. The van der Waals surface area contributed by atoms with Gasteiger partial charge in [-0.15, -0.1) is 0 Å². The Labute approximate surface area is 124 Å². The van der Waals surface area contributed by atoms with Crippen molar-refractivity contribution in [2.75, 3.05) is 30.0 Å². The average Bonchev–Trinajstić information content (AvgIpc) is 2.86. The normalized spacial score (nSPS) is 21.8. The fraction of sp³-hybridized carbons (Fsp3) is 0.769. The van der Waals surface area contributed by atoms with Crippen LogP contribution in [0.5, 0.6) is 6.01 Å². The van der Waals surface area contributed by atoms with Crippen LogP contribution < -0.4 is 15.4 Å². The van der Waals surface area contributed by atoms with Crippen LogP contribution in [-0.2, 0) is 0 Å². The molecule has 0 saturated heterocycles. The van der Waals surface area contributed by atoms with Gasteiger partial charge < -0.3 is 15.4 Å². The van der Waals surface area contributed by atoms with Crippen molar-refractivity contribution in [2.45, 2.75) is 44.4 Å². The third-order valence-electron chi connectivity index (χ3n) is 3.26. The molecule has 0 amide bonds. The summed E-state index contributed by atoms with van der Waals surface area (Å²) in [6.07, 6.45) is 3.69. The Morgan fingerprint density at radius 1 is 1.20 bits per heavy atom. The van der Waals surface area contributed by atoms with E-state index in [2.05, 4.69) is 32.5 Å². The summed E-state index contributed by atoms with van der Waals surface area (Å²) in [7, 11) is 1.79. The number of rotatable bonds is 7. The maximum absolute atomic E-state index is 5.38. The van der Waals surface area contributed by atoms with E-state index in [1.54, 1.807) is 7.05 Å². The molecule has 1 heterocycles. The van der Waals surface area contributed by atoms with Gasteiger partial charge in [0.2, 0.25) is 11.9 Å². The lowest BCUT2D eigenvalue weighted by atomic mass is 10.2. The lowest BCUT2D eigenvalue weighted by Crippen LogP contribution is -2.27. The first kappa shape index (κ1) is 15.2. The van der Waals surface area contributed by atoms with E-state index in [1.807, 2.05) is 18.7 Å². The van der Waals surface area contributed by atoms with Crippen LogP contribution in [-0.4, -0.2) is 45.7 Å². The maximum atomic E-state index is 5.38. The van der Waals surface area contributed by atoms with Crippen LogP contribution in [0.15, 0.2) is 0 Å². The fourth-order valence-electron chi connectivity index (χ4n) is 2.40. The molecule has 20 heavy (non-hydrogen) atoms. The van der Waals surface area contributed by atoms with Crippen LogP contribution >= 0.6 is 11.8 Å². The zero-order valence-corrected chi connectivity index (χ0v) is 13.2. The van der Waals surface area contributed by atoms with E-state index < -0.39 is 0 Å². The summed E-state index contributed by atoms with van der Waals surface area (Å²) < 4.78 is 5.38. The Balaban J connectivity index is 2.09. The minimum atomic E-state index is 0.368. The Morgan fingerprint density at radius 2 is 2.00 bits per heavy atom. The van der Waals surface area contributed by atoms with Gasteiger partial charge in [-0.25, -0.2) is 0 Å². The highest BCUT2D eigenvalue weighted by Gasteiger charge is 2.27. The Kier molecular flexibility index (Phi) is 5.70. The minimum Gasteiger partial charge on any atom is -0.464 e. The predicted molar refractivity (Wildman–Crippen MR) is 83.7 cm³/mol. The van der Waals surface area contributed by atoms with Gasteiger partial charge in [-0.2, -0.15) is 26.7 Å². The molecule has 6 nitrogen and oxygen atoms in total. The number of hydrogen-bond acceptors (Lipinski definition) is 7. The molecule has 1 aromatic rings. The molecule has 1 aliphatic carbocycles. The second-order valence-corrected chi connectivity index (χ2v) is 6.14. The molecule has 1 aliphatic rings. The van der Waals surface area contributed by atoms with Gasteiger partial charge in [0.1, 0.15) is 0 Å². The van der Waals surface area contributed by atoms with Gasteiger partial charge in [0.15, 0.2) is 0 Å². The molecule has 2 rings (SSSR count). The Hall–Kier alpha value is -1.24. The van der Waals surface area contributed by atoms with Crippen molar-refractivity contribution in [3.8, 4) is 6.01 Å². The van der Waals surface area contributed by atoms with Gasteiger partial charge in [-0.1, -0.05) is 13.3 Å². The molecule has 1 saturated carbocycles. The van der Waals surface area contributed by atoms with Crippen molar-refractivity contribution in [1.29, 1.82) is 0 Å². The second-order valence-electron chi connectivity index (χ2n) is 4.62. The second kappa shape index (κ2) is 7.52. The minimum absolute atomic E-state index is 0.368. The number of ether oxygens (including phenoxy) is 1. The van der Waals surface area contributed by atoms with Gasteiger partial charge in [0, 0.05) is 18.3 Å². The summed E-state index contributed by atoms with van der Waals surface area (Å²) in [4.78, 5) is 12.9. The molecule has 2 atom stereocenters. The van der Waals surface area contributed by atoms with Crippen LogP contribution in [0, 0.1) is 0 Å². The highest BCUT2D eigenvalue weighted by molar-refractivity contribution is 7.99. The van der Waals surface area contributed by atoms with Crippen LogP contribution in [0.2, 0.25) is 0 Å². The molecular weight excluding hydrogens is 274 g/mol. The molecule has 0 radical (unpaired) electrons. The lowest BCUT2D eigenvalue weighted by Gasteiger charge is -2.20. The first-order chi connectivity index (χ1) is 9.76. The Bertz CT molecular complexity index is 431.